The van der Waals surface area contributed by atoms with E-state index >= 15 is 0 Å². The highest BCUT2D eigenvalue weighted by molar-refractivity contribution is 5.78. The highest BCUT2D eigenvalue weighted by Gasteiger charge is 2.42. The summed E-state index contributed by atoms with van der Waals surface area (Å²) in [6.07, 6.45) is -4.42. The molecular weight excluding hydrogens is 294 g/mol. The van der Waals surface area contributed by atoms with Gasteiger partial charge in [-0.25, -0.2) is 0 Å². The summed E-state index contributed by atoms with van der Waals surface area (Å²) in [5.74, 6) is -0.131. The zero-order valence-corrected chi connectivity index (χ0v) is 12.9. The summed E-state index contributed by atoms with van der Waals surface area (Å²) < 4.78 is 10.5. The maximum absolute atomic E-state index is 11.5. The Bertz CT molecular complexity index is 376. The number of hydrogen-bond acceptors (Lipinski definition) is 7. The third-order valence-electron chi connectivity index (χ3n) is 3.45. The van der Waals surface area contributed by atoms with Crippen molar-refractivity contribution in [1.29, 1.82) is 0 Å². The van der Waals surface area contributed by atoms with Crippen LogP contribution in [0.2, 0.25) is 0 Å². The number of hydrogen-bond donors (Lipinski definition) is 4. The van der Waals surface area contributed by atoms with Gasteiger partial charge in [0.25, 0.3) is 0 Å². The number of carbonyl (C=O) groups is 2. The fraction of sp³-hybridized carbons (Fsp3) is 0.857. The van der Waals surface area contributed by atoms with Gasteiger partial charge in [-0.2, -0.15) is 0 Å². The Morgan fingerprint density at radius 1 is 1.14 bits per heavy atom. The lowest BCUT2D eigenvalue weighted by Gasteiger charge is -2.38. The monoisotopic (exact) mass is 319 g/mol. The van der Waals surface area contributed by atoms with Crippen LogP contribution >= 0.6 is 0 Å². The molecule has 1 saturated heterocycles. The fourth-order valence-electron chi connectivity index (χ4n) is 2.10. The van der Waals surface area contributed by atoms with Gasteiger partial charge >= 0.3 is 0 Å². The lowest BCUT2D eigenvalue weighted by atomic mass is 10.0. The molecule has 4 N–H and O–H groups in total. The number of ether oxygens (including phenoxy) is 2. The van der Waals surface area contributed by atoms with Gasteiger partial charge in [-0.3, -0.25) is 4.79 Å². The summed E-state index contributed by atoms with van der Waals surface area (Å²) in [6.45, 7) is 3.36. The van der Waals surface area contributed by atoms with Gasteiger partial charge in [0.1, 0.15) is 24.1 Å². The van der Waals surface area contributed by atoms with E-state index in [-0.39, 0.29) is 31.3 Å². The predicted molar refractivity (Wildman–Crippen MR) is 75.8 cm³/mol. The number of rotatable bonds is 8. The minimum atomic E-state index is -1.35. The predicted octanol–water partition coefficient (Wildman–Crippen LogP) is -1.29. The first-order valence-electron chi connectivity index (χ1n) is 7.40. The number of nitrogens with one attached hydrogen (secondary N) is 1. The molecule has 1 heterocycles. The maximum Gasteiger partial charge on any atom is 0.220 e. The Hall–Kier alpha value is -1.06. The number of ketones is 1. The molecule has 22 heavy (non-hydrogen) atoms. The first-order chi connectivity index (χ1) is 10.3. The summed E-state index contributed by atoms with van der Waals surface area (Å²) >= 11 is 0. The van der Waals surface area contributed by atoms with Gasteiger partial charge in [0.2, 0.25) is 5.91 Å². The molecule has 1 amide bonds. The van der Waals surface area contributed by atoms with Crippen LogP contribution in [-0.2, 0) is 19.1 Å². The van der Waals surface area contributed by atoms with Crippen molar-refractivity contribution in [2.24, 2.45) is 0 Å². The molecule has 0 spiro atoms. The molecule has 1 fully saturated rings. The number of aliphatic hydroxyl groups is 3. The maximum atomic E-state index is 11.5. The number of amides is 1. The van der Waals surface area contributed by atoms with Crippen LogP contribution in [0, 0.1) is 0 Å². The van der Waals surface area contributed by atoms with E-state index in [1.807, 2.05) is 0 Å². The summed E-state index contributed by atoms with van der Waals surface area (Å²) in [7, 11) is 0. The van der Waals surface area contributed by atoms with Gasteiger partial charge in [-0.1, -0.05) is 0 Å². The fourth-order valence-corrected chi connectivity index (χ4v) is 2.10. The van der Waals surface area contributed by atoms with Crippen LogP contribution in [0.4, 0.5) is 0 Å². The molecule has 5 atom stereocenters. The Balaban J connectivity index is 2.18. The van der Waals surface area contributed by atoms with Crippen LogP contribution in [0.1, 0.15) is 33.1 Å². The van der Waals surface area contributed by atoms with Crippen molar-refractivity contribution in [1.82, 2.24) is 5.32 Å². The third kappa shape index (κ3) is 5.98. The van der Waals surface area contributed by atoms with E-state index in [9.17, 15) is 24.9 Å². The van der Waals surface area contributed by atoms with Crippen molar-refractivity contribution in [3.63, 3.8) is 0 Å². The molecule has 0 bridgehead atoms. The summed E-state index contributed by atoms with van der Waals surface area (Å²) in [6, 6.07) is 0. The Labute approximate surface area is 129 Å². The molecule has 8 heteroatoms. The number of carbonyl (C=O) groups excluding carboxylic acids is 2. The topological polar surface area (TPSA) is 125 Å². The van der Waals surface area contributed by atoms with E-state index in [1.54, 1.807) is 6.92 Å². The van der Waals surface area contributed by atoms with E-state index < -0.39 is 30.7 Å². The minimum Gasteiger partial charge on any atom is -0.388 e. The SMILES string of the molecule is CC(=O)CCCC(=O)NCCO[C@@H]1O[C@@H](C)[C@@H](O)[C@@H](O)[C@@H]1O. The van der Waals surface area contributed by atoms with E-state index in [0.717, 1.165) is 0 Å². The summed E-state index contributed by atoms with van der Waals surface area (Å²) in [5.41, 5.74) is 0. The average Bonchev–Trinajstić information content (AvgIpc) is 2.46. The standard InChI is InChI=1S/C14H25NO7/c1-8(16)4-3-5-10(17)15-6-7-21-14-13(20)12(19)11(18)9(2)22-14/h9,11-14,18-20H,3-7H2,1-2H3,(H,15,17)/t9-,11+,12+,13-,14+/m0/s1. The second-order valence-corrected chi connectivity index (χ2v) is 5.46. The van der Waals surface area contributed by atoms with Gasteiger partial charge < -0.3 is 34.9 Å². The second-order valence-electron chi connectivity index (χ2n) is 5.46. The first-order valence-corrected chi connectivity index (χ1v) is 7.40. The van der Waals surface area contributed by atoms with E-state index in [4.69, 9.17) is 9.47 Å². The normalized spacial score (nSPS) is 31.8. The highest BCUT2D eigenvalue weighted by Crippen LogP contribution is 2.21. The Morgan fingerprint density at radius 3 is 2.45 bits per heavy atom. The molecule has 0 radical (unpaired) electrons. The average molecular weight is 319 g/mol. The van der Waals surface area contributed by atoms with Crippen LogP contribution in [0.5, 0.6) is 0 Å². The highest BCUT2D eigenvalue weighted by atomic mass is 16.7. The third-order valence-corrected chi connectivity index (χ3v) is 3.45. The molecule has 1 aliphatic heterocycles. The summed E-state index contributed by atoms with van der Waals surface area (Å²) in [4.78, 5) is 22.2. The second kappa shape index (κ2) is 9.16. The number of aliphatic hydroxyl groups excluding tert-OH is 3. The zero-order chi connectivity index (χ0) is 16.7. The van der Waals surface area contributed by atoms with Crippen molar-refractivity contribution in [2.45, 2.75) is 63.8 Å². The van der Waals surface area contributed by atoms with Crippen molar-refractivity contribution in [3.05, 3.63) is 0 Å². The van der Waals surface area contributed by atoms with Crippen LogP contribution in [0.15, 0.2) is 0 Å². The largest absolute Gasteiger partial charge is 0.388 e. The smallest absolute Gasteiger partial charge is 0.220 e. The summed E-state index contributed by atoms with van der Waals surface area (Å²) in [5, 5.41) is 31.5. The molecule has 0 aromatic carbocycles. The molecule has 0 saturated carbocycles. The van der Waals surface area contributed by atoms with E-state index in [2.05, 4.69) is 5.32 Å². The molecule has 1 rings (SSSR count). The van der Waals surface area contributed by atoms with Crippen molar-refractivity contribution in [2.75, 3.05) is 13.2 Å². The van der Waals surface area contributed by atoms with Gasteiger partial charge in [0.15, 0.2) is 6.29 Å². The molecule has 0 aromatic heterocycles. The molecular formula is C14H25NO7. The Kier molecular flexibility index (Phi) is 7.91. The molecule has 128 valence electrons. The van der Waals surface area contributed by atoms with Gasteiger partial charge in [-0.05, 0) is 20.3 Å². The zero-order valence-electron chi connectivity index (χ0n) is 12.9. The van der Waals surface area contributed by atoms with Gasteiger partial charge in [-0.15, -0.1) is 0 Å². The first kappa shape index (κ1) is 19.0. The molecule has 8 nitrogen and oxygen atoms in total. The Morgan fingerprint density at radius 2 is 1.82 bits per heavy atom. The van der Waals surface area contributed by atoms with Crippen molar-refractivity contribution >= 4 is 11.7 Å². The number of Topliss-reactive ketones (excluding diaryl/α,β-unsaturated/α-hetero) is 1. The van der Waals surface area contributed by atoms with Crippen molar-refractivity contribution < 1.29 is 34.4 Å². The molecule has 0 aromatic rings. The van der Waals surface area contributed by atoms with Crippen LogP contribution in [0.3, 0.4) is 0 Å². The van der Waals surface area contributed by atoms with Gasteiger partial charge in [0.05, 0.1) is 12.7 Å². The van der Waals surface area contributed by atoms with Crippen LogP contribution in [0.25, 0.3) is 0 Å². The van der Waals surface area contributed by atoms with E-state index in [1.165, 1.54) is 6.92 Å². The van der Waals surface area contributed by atoms with Crippen LogP contribution < -0.4 is 5.32 Å². The van der Waals surface area contributed by atoms with Gasteiger partial charge in [0, 0.05) is 19.4 Å². The lowest BCUT2D eigenvalue weighted by molar-refractivity contribution is -0.292. The molecule has 0 unspecified atom stereocenters. The quantitative estimate of drug-likeness (QED) is 0.410. The lowest BCUT2D eigenvalue weighted by Crippen LogP contribution is -2.57. The minimum absolute atomic E-state index is 0.0504. The molecule has 0 aliphatic carbocycles. The van der Waals surface area contributed by atoms with Crippen molar-refractivity contribution in [3.8, 4) is 0 Å². The van der Waals surface area contributed by atoms with Crippen LogP contribution in [-0.4, -0.2) is 70.9 Å². The van der Waals surface area contributed by atoms with E-state index in [0.29, 0.717) is 12.8 Å². The molecule has 1 aliphatic rings.